The van der Waals surface area contributed by atoms with Crippen molar-refractivity contribution >= 4 is 43.1 Å². The van der Waals surface area contributed by atoms with Crippen LogP contribution in [-0.4, -0.2) is 0 Å². The van der Waals surface area contributed by atoms with E-state index >= 15 is 0 Å². The fourth-order valence-electron chi connectivity index (χ4n) is 3.80. The Balaban J connectivity index is 2.03. The number of hydrogen-bond acceptors (Lipinski definition) is 0. The molecule has 108 valence electrons. The minimum Gasteiger partial charge on any atom is -0.0616 e. The molecule has 5 aromatic rings. The van der Waals surface area contributed by atoms with E-state index in [0.717, 1.165) is 0 Å². The first-order valence-electron chi connectivity index (χ1n) is 8.05. The molecule has 0 aliphatic heterocycles. The average molecular weight is 292 g/mol. The lowest BCUT2D eigenvalue weighted by molar-refractivity contribution is 1.54. The van der Waals surface area contributed by atoms with Gasteiger partial charge in [-0.2, -0.15) is 0 Å². The van der Waals surface area contributed by atoms with Crippen molar-refractivity contribution in [1.29, 1.82) is 0 Å². The molecule has 0 aliphatic rings. The van der Waals surface area contributed by atoms with Gasteiger partial charge in [-0.25, -0.2) is 0 Å². The summed E-state index contributed by atoms with van der Waals surface area (Å²) in [6, 6.07) is 28.8. The van der Waals surface area contributed by atoms with E-state index in [9.17, 15) is 0 Å². The summed E-state index contributed by atoms with van der Waals surface area (Å²) in [6.45, 7) is 2.20. The number of hydrogen-bond donors (Lipinski definition) is 0. The highest BCUT2D eigenvalue weighted by atomic mass is 14.1. The van der Waals surface area contributed by atoms with Crippen LogP contribution in [0.5, 0.6) is 0 Å². The summed E-state index contributed by atoms with van der Waals surface area (Å²) in [4.78, 5) is 0. The molecular formula is C23H16. The molecule has 0 saturated carbocycles. The van der Waals surface area contributed by atoms with E-state index < -0.39 is 0 Å². The zero-order valence-electron chi connectivity index (χ0n) is 13.0. The highest BCUT2D eigenvalue weighted by Gasteiger charge is 2.07. The summed E-state index contributed by atoms with van der Waals surface area (Å²) in [5, 5.41) is 10.6. The average Bonchev–Trinajstić information content (AvgIpc) is 2.59. The van der Waals surface area contributed by atoms with Crippen LogP contribution in [0.4, 0.5) is 0 Å². The van der Waals surface area contributed by atoms with Crippen LogP contribution in [0.1, 0.15) is 5.56 Å². The van der Waals surface area contributed by atoms with Gasteiger partial charge >= 0.3 is 0 Å². The van der Waals surface area contributed by atoms with Crippen molar-refractivity contribution in [1.82, 2.24) is 0 Å². The molecule has 0 unspecified atom stereocenters. The van der Waals surface area contributed by atoms with Crippen molar-refractivity contribution in [2.24, 2.45) is 0 Å². The van der Waals surface area contributed by atoms with Crippen LogP contribution in [0.3, 0.4) is 0 Å². The maximum absolute atomic E-state index is 2.33. The van der Waals surface area contributed by atoms with Crippen molar-refractivity contribution in [3.05, 3.63) is 84.4 Å². The lowest BCUT2D eigenvalue weighted by atomic mass is 9.93. The summed E-state index contributed by atoms with van der Waals surface area (Å²) >= 11 is 0. The minimum atomic E-state index is 1.30. The number of aryl methyl sites for hydroxylation is 1. The van der Waals surface area contributed by atoms with Gasteiger partial charge in [0.05, 0.1) is 0 Å². The van der Waals surface area contributed by atoms with Crippen LogP contribution >= 0.6 is 0 Å². The van der Waals surface area contributed by atoms with E-state index in [4.69, 9.17) is 0 Å². The van der Waals surface area contributed by atoms with Crippen molar-refractivity contribution in [2.45, 2.75) is 6.92 Å². The third-order valence-corrected chi connectivity index (χ3v) is 4.93. The van der Waals surface area contributed by atoms with Crippen LogP contribution in [0.2, 0.25) is 0 Å². The molecule has 5 rings (SSSR count). The molecule has 0 spiro atoms. The Bertz CT molecular complexity index is 1210. The Hall–Kier alpha value is -2.86. The number of fused-ring (bicyclic) bond motifs is 6. The Kier molecular flexibility index (Phi) is 2.51. The molecule has 0 nitrogen and oxygen atoms in total. The van der Waals surface area contributed by atoms with Crippen LogP contribution in [-0.2, 0) is 0 Å². The maximum Gasteiger partial charge on any atom is -0.00759 e. The van der Waals surface area contributed by atoms with E-state index in [0.29, 0.717) is 0 Å². The first-order valence-corrected chi connectivity index (χ1v) is 8.05. The topological polar surface area (TPSA) is 0 Å². The molecule has 0 fully saturated rings. The lowest BCUT2D eigenvalue weighted by Gasteiger charge is -2.10. The molecule has 0 amide bonds. The molecule has 0 heterocycles. The SMILES string of the molecule is Cc1cccc2ccc3c4cc5ccccc5cc4ccc3c12. The van der Waals surface area contributed by atoms with Crippen LogP contribution in [0, 0.1) is 6.92 Å². The van der Waals surface area contributed by atoms with Gasteiger partial charge in [-0.3, -0.25) is 0 Å². The quantitative estimate of drug-likeness (QED) is 0.222. The monoisotopic (exact) mass is 292 g/mol. The van der Waals surface area contributed by atoms with Gasteiger partial charge in [0.2, 0.25) is 0 Å². The van der Waals surface area contributed by atoms with Crippen LogP contribution in [0.15, 0.2) is 78.9 Å². The molecule has 0 atom stereocenters. The second-order valence-electron chi connectivity index (χ2n) is 6.32. The van der Waals surface area contributed by atoms with Gasteiger partial charge in [0.25, 0.3) is 0 Å². The molecule has 0 heteroatoms. The van der Waals surface area contributed by atoms with Gasteiger partial charge in [0.1, 0.15) is 0 Å². The lowest BCUT2D eigenvalue weighted by Crippen LogP contribution is -1.84. The van der Waals surface area contributed by atoms with Gasteiger partial charge in [-0.1, -0.05) is 66.7 Å². The number of benzene rings is 5. The van der Waals surface area contributed by atoms with Gasteiger partial charge in [-0.05, 0) is 67.7 Å². The van der Waals surface area contributed by atoms with E-state index in [1.165, 1.54) is 48.7 Å². The Labute approximate surface area is 135 Å². The minimum absolute atomic E-state index is 1.30. The molecule has 0 saturated heterocycles. The summed E-state index contributed by atoms with van der Waals surface area (Å²) in [5.74, 6) is 0. The smallest absolute Gasteiger partial charge is 0.00759 e. The van der Waals surface area contributed by atoms with E-state index in [1.54, 1.807) is 0 Å². The van der Waals surface area contributed by atoms with E-state index in [-0.39, 0.29) is 0 Å². The zero-order chi connectivity index (χ0) is 15.4. The predicted molar refractivity (Wildman–Crippen MR) is 101 cm³/mol. The molecule has 0 N–H and O–H groups in total. The number of rotatable bonds is 0. The molecule has 23 heavy (non-hydrogen) atoms. The highest BCUT2D eigenvalue weighted by molar-refractivity contribution is 6.19. The molecular weight excluding hydrogens is 276 g/mol. The van der Waals surface area contributed by atoms with Crippen LogP contribution < -0.4 is 0 Å². The summed E-state index contributed by atoms with van der Waals surface area (Å²) in [6.07, 6.45) is 0. The first kappa shape index (κ1) is 12.7. The second kappa shape index (κ2) is 4.57. The normalized spacial score (nSPS) is 11.7. The summed E-state index contributed by atoms with van der Waals surface area (Å²) in [7, 11) is 0. The first-order chi connectivity index (χ1) is 11.3. The largest absolute Gasteiger partial charge is 0.0616 e. The standard InChI is InChI=1S/C23H16/c1-15-5-4-8-16-9-11-20-21(23(15)16)12-10-19-13-17-6-2-3-7-18(17)14-22(19)20/h2-14H,1H3. The van der Waals surface area contributed by atoms with Gasteiger partial charge in [0, 0.05) is 0 Å². The van der Waals surface area contributed by atoms with Gasteiger partial charge in [-0.15, -0.1) is 0 Å². The summed E-state index contributed by atoms with van der Waals surface area (Å²) < 4.78 is 0. The third kappa shape index (κ3) is 1.78. The Morgan fingerprint density at radius 2 is 1.17 bits per heavy atom. The maximum atomic E-state index is 2.33. The fourth-order valence-corrected chi connectivity index (χ4v) is 3.80. The zero-order valence-corrected chi connectivity index (χ0v) is 13.0. The van der Waals surface area contributed by atoms with Crippen molar-refractivity contribution in [3.63, 3.8) is 0 Å². The predicted octanol–water partition coefficient (Wildman–Crippen LogP) is 6.61. The van der Waals surface area contributed by atoms with Crippen molar-refractivity contribution in [3.8, 4) is 0 Å². The van der Waals surface area contributed by atoms with Gasteiger partial charge < -0.3 is 0 Å². The Morgan fingerprint density at radius 3 is 2.04 bits per heavy atom. The van der Waals surface area contributed by atoms with Crippen molar-refractivity contribution < 1.29 is 0 Å². The third-order valence-electron chi connectivity index (χ3n) is 4.93. The highest BCUT2D eigenvalue weighted by Crippen LogP contribution is 2.34. The molecule has 0 bridgehead atoms. The van der Waals surface area contributed by atoms with Gasteiger partial charge in [0.15, 0.2) is 0 Å². The molecule has 0 radical (unpaired) electrons. The molecule has 0 aromatic heterocycles. The molecule has 5 aromatic carbocycles. The van der Waals surface area contributed by atoms with Crippen molar-refractivity contribution in [2.75, 3.05) is 0 Å². The fraction of sp³-hybridized carbons (Fsp3) is 0.0435. The van der Waals surface area contributed by atoms with E-state index in [1.807, 2.05) is 0 Å². The molecule has 0 aliphatic carbocycles. The van der Waals surface area contributed by atoms with Crippen LogP contribution in [0.25, 0.3) is 43.1 Å². The van der Waals surface area contributed by atoms with E-state index in [2.05, 4.69) is 85.8 Å². The Morgan fingerprint density at radius 1 is 0.478 bits per heavy atom. The second-order valence-corrected chi connectivity index (χ2v) is 6.32. The summed E-state index contributed by atoms with van der Waals surface area (Å²) in [5.41, 5.74) is 1.34.